The van der Waals surface area contributed by atoms with Crippen LogP contribution in [0.1, 0.15) is 45.6 Å². The fraction of sp³-hybridized carbons (Fsp3) is 0.333. The number of aromatic amines is 1. The summed E-state index contributed by atoms with van der Waals surface area (Å²) in [5.74, 6) is -0.753. The molecule has 0 bridgehead atoms. The van der Waals surface area contributed by atoms with Crippen molar-refractivity contribution in [2.24, 2.45) is 0 Å². The lowest BCUT2D eigenvalue weighted by molar-refractivity contribution is 0.102. The third-order valence-corrected chi connectivity index (χ3v) is 4.56. The molecule has 5 heteroatoms. The van der Waals surface area contributed by atoms with Gasteiger partial charge in [-0.15, -0.1) is 0 Å². The highest BCUT2D eigenvalue weighted by atomic mass is 16.3. The van der Waals surface area contributed by atoms with E-state index in [0.29, 0.717) is 17.7 Å². The normalized spacial score (nSPS) is 13.5. The Morgan fingerprint density at radius 1 is 1.22 bits per heavy atom. The number of anilines is 1. The zero-order valence-electron chi connectivity index (χ0n) is 13.3. The number of hydrogen-bond acceptors (Lipinski definition) is 3. The van der Waals surface area contributed by atoms with Crippen molar-refractivity contribution in [3.05, 3.63) is 56.5 Å². The van der Waals surface area contributed by atoms with Crippen LogP contribution >= 0.6 is 0 Å². The zero-order chi connectivity index (χ0) is 16.6. The second-order valence-electron chi connectivity index (χ2n) is 6.04. The third-order valence-electron chi connectivity index (χ3n) is 4.56. The number of fused-ring (bicyclic) bond motifs is 1. The van der Waals surface area contributed by atoms with Gasteiger partial charge >= 0.3 is 0 Å². The number of aryl methyl sites for hydroxylation is 2. The van der Waals surface area contributed by atoms with Crippen LogP contribution < -0.4 is 10.9 Å². The smallest absolute Gasteiger partial charge is 0.265 e. The van der Waals surface area contributed by atoms with Crippen LogP contribution in [-0.2, 0) is 12.8 Å². The van der Waals surface area contributed by atoms with E-state index in [0.717, 1.165) is 36.1 Å². The number of aromatic hydroxyl groups is 1. The highest BCUT2D eigenvalue weighted by Gasteiger charge is 2.24. The second-order valence-corrected chi connectivity index (χ2v) is 6.04. The summed E-state index contributed by atoms with van der Waals surface area (Å²) in [4.78, 5) is 27.5. The molecule has 1 aliphatic rings. The summed E-state index contributed by atoms with van der Waals surface area (Å²) in [5, 5.41) is 13.1. The lowest BCUT2D eigenvalue weighted by Crippen LogP contribution is -2.26. The lowest BCUT2D eigenvalue weighted by Gasteiger charge is -2.18. The number of benzene rings is 1. The summed E-state index contributed by atoms with van der Waals surface area (Å²) in [6, 6.07) is 5.58. The van der Waals surface area contributed by atoms with Crippen molar-refractivity contribution in [1.82, 2.24) is 4.98 Å². The summed E-state index contributed by atoms with van der Waals surface area (Å²) < 4.78 is 0. The monoisotopic (exact) mass is 312 g/mol. The number of nitrogens with one attached hydrogen (secondary N) is 2. The van der Waals surface area contributed by atoms with Crippen molar-refractivity contribution >= 4 is 11.6 Å². The van der Waals surface area contributed by atoms with Gasteiger partial charge in [0, 0.05) is 16.9 Å². The number of amides is 1. The number of aromatic nitrogens is 1. The molecule has 1 heterocycles. The summed E-state index contributed by atoms with van der Waals surface area (Å²) in [7, 11) is 0. The predicted molar refractivity (Wildman–Crippen MR) is 89.2 cm³/mol. The first kappa shape index (κ1) is 15.3. The van der Waals surface area contributed by atoms with Gasteiger partial charge in [-0.2, -0.15) is 0 Å². The van der Waals surface area contributed by atoms with Crippen LogP contribution in [0.5, 0.6) is 5.75 Å². The molecular weight excluding hydrogens is 292 g/mol. The van der Waals surface area contributed by atoms with E-state index in [-0.39, 0.29) is 11.3 Å². The van der Waals surface area contributed by atoms with Gasteiger partial charge in [0.1, 0.15) is 11.3 Å². The quantitative estimate of drug-likeness (QED) is 0.797. The number of rotatable bonds is 2. The Bertz CT molecular complexity index is 837. The average Bonchev–Trinajstić information content (AvgIpc) is 2.52. The standard InChI is InChI=1S/C18H20N2O3/c1-10-6-5-9-13(11(10)2)19-17(22)15-16(21)12-7-3-4-8-14(12)20-18(15)23/h5-6,9H,3-4,7-8H2,1-2H3,(H,19,22)(H2,20,21,23). The van der Waals surface area contributed by atoms with E-state index in [1.54, 1.807) is 6.07 Å². The third kappa shape index (κ3) is 2.74. The van der Waals surface area contributed by atoms with Crippen LogP contribution in [0.3, 0.4) is 0 Å². The van der Waals surface area contributed by atoms with E-state index < -0.39 is 11.5 Å². The summed E-state index contributed by atoms with van der Waals surface area (Å²) in [5.41, 5.74) is 3.34. The van der Waals surface area contributed by atoms with Crippen LogP contribution in [-0.4, -0.2) is 16.0 Å². The van der Waals surface area contributed by atoms with Gasteiger partial charge in [-0.3, -0.25) is 9.59 Å². The predicted octanol–water partition coefficient (Wildman–Crippen LogP) is 2.83. The fourth-order valence-corrected chi connectivity index (χ4v) is 3.04. The molecule has 0 spiro atoms. The number of carbonyl (C=O) groups excluding carboxylic acids is 1. The maximum absolute atomic E-state index is 12.5. The van der Waals surface area contributed by atoms with Gasteiger partial charge in [0.2, 0.25) is 0 Å². The molecule has 1 aliphatic carbocycles. The Kier molecular flexibility index (Phi) is 3.94. The van der Waals surface area contributed by atoms with Crippen molar-refractivity contribution in [2.75, 3.05) is 5.32 Å². The van der Waals surface area contributed by atoms with E-state index in [2.05, 4.69) is 10.3 Å². The molecule has 1 amide bonds. The molecular formula is C18H20N2O3. The highest BCUT2D eigenvalue weighted by Crippen LogP contribution is 2.29. The molecule has 0 radical (unpaired) electrons. The Labute approximate surface area is 134 Å². The van der Waals surface area contributed by atoms with Crippen molar-refractivity contribution in [3.8, 4) is 5.75 Å². The first-order valence-corrected chi connectivity index (χ1v) is 7.83. The molecule has 1 aromatic heterocycles. The van der Waals surface area contributed by atoms with Crippen molar-refractivity contribution in [2.45, 2.75) is 39.5 Å². The van der Waals surface area contributed by atoms with E-state index in [9.17, 15) is 14.7 Å². The minimum Gasteiger partial charge on any atom is -0.507 e. The first-order valence-electron chi connectivity index (χ1n) is 7.83. The molecule has 0 atom stereocenters. The fourth-order valence-electron chi connectivity index (χ4n) is 3.04. The molecule has 2 aromatic rings. The van der Waals surface area contributed by atoms with E-state index in [4.69, 9.17) is 0 Å². The largest absolute Gasteiger partial charge is 0.507 e. The maximum Gasteiger partial charge on any atom is 0.265 e. The molecule has 0 saturated carbocycles. The minimum absolute atomic E-state index is 0.175. The lowest BCUT2D eigenvalue weighted by atomic mass is 9.93. The molecule has 120 valence electrons. The van der Waals surface area contributed by atoms with Crippen molar-refractivity contribution < 1.29 is 9.90 Å². The Balaban J connectivity index is 2.00. The van der Waals surface area contributed by atoms with Gasteiger partial charge in [-0.05, 0) is 56.7 Å². The van der Waals surface area contributed by atoms with Gasteiger partial charge in [0.15, 0.2) is 0 Å². The molecule has 23 heavy (non-hydrogen) atoms. The Morgan fingerprint density at radius 3 is 2.74 bits per heavy atom. The zero-order valence-corrected chi connectivity index (χ0v) is 13.3. The van der Waals surface area contributed by atoms with E-state index in [1.165, 1.54) is 0 Å². The van der Waals surface area contributed by atoms with Crippen LogP contribution in [0.2, 0.25) is 0 Å². The molecule has 0 unspecified atom stereocenters. The number of carbonyl (C=O) groups is 1. The SMILES string of the molecule is Cc1cccc(NC(=O)c2c(O)c3c([nH]c2=O)CCCC3)c1C. The molecule has 0 saturated heterocycles. The Hall–Kier alpha value is -2.56. The molecule has 1 aromatic carbocycles. The van der Waals surface area contributed by atoms with Crippen LogP contribution in [0.15, 0.2) is 23.0 Å². The summed E-state index contributed by atoms with van der Waals surface area (Å²) in [6.07, 6.45) is 3.35. The highest BCUT2D eigenvalue weighted by molar-refractivity contribution is 6.06. The topological polar surface area (TPSA) is 82.2 Å². The number of H-pyrrole nitrogens is 1. The van der Waals surface area contributed by atoms with Crippen molar-refractivity contribution in [3.63, 3.8) is 0 Å². The molecule has 3 N–H and O–H groups in total. The molecule has 3 rings (SSSR count). The van der Waals surface area contributed by atoms with E-state index >= 15 is 0 Å². The minimum atomic E-state index is -0.578. The second kappa shape index (κ2) is 5.91. The first-order chi connectivity index (χ1) is 11.0. The van der Waals surface area contributed by atoms with Gasteiger partial charge in [-0.25, -0.2) is 0 Å². The van der Waals surface area contributed by atoms with Crippen LogP contribution in [0, 0.1) is 13.8 Å². The van der Waals surface area contributed by atoms with Gasteiger partial charge in [-0.1, -0.05) is 12.1 Å². The average molecular weight is 312 g/mol. The summed E-state index contributed by atoms with van der Waals surface area (Å²) >= 11 is 0. The van der Waals surface area contributed by atoms with Gasteiger partial charge in [0.25, 0.3) is 11.5 Å². The van der Waals surface area contributed by atoms with Gasteiger partial charge in [0.05, 0.1) is 0 Å². The van der Waals surface area contributed by atoms with Gasteiger partial charge < -0.3 is 15.4 Å². The maximum atomic E-state index is 12.5. The number of hydrogen-bond donors (Lipinski definition) is 3. The molecule has 0 fully saturated rings. The molecule has 5 nitrogen and oxygen atoms in total. The molecule has 0 aliphatic heterocycles. The van der Waals surface area contributed by atoms with Crippen molar-refractivity contribution in [1.29, 1.82) is 0 Å². The van der Waals surface area contributed by atoms with Crippen LogP contribution in [0.25, 0.3) is 0 Å². The van der Waals surface area contributed by atoms with E-state index in [1.807, 2.05) is 26.0 Å². The number of pyridine rings is 1. The Morgan fingerprint density at radius 2 is 1.96 bits per heavy atom. The van der Waals surface area contributed by atoms with Crippen LogP contribution in [0.4, 0.5) is 5.69 Å². The summed E-state index contributed by atoms with van der Waals surface area (Å²) in [6.45, 7) is 3.86.